The van der Waals surface area contributed by atoms with Gasteiger partial charge in [-0.15, -0.1) is 0 Å². The Kier molecular flexibility index (Phi) is 12.0. The van der Waals surface area contributed by atoms with Gasteiger partial charge in [0, 0.05) is 13.3 Å². The molecular formula is C37H47IO8Si. The van der Waals surface area contributed by atoms with E-state index in [4.69, 9.17) is 28.1 Å². The number of carbonyl (C=O) groups is 1. The van der Waals surface area contributed by atoms with Crippen LogP contribution in [0.15, 0.2) is 91.0 Å². The van der Waals surface area contributed by atoms with E-state index in [0.717, 1.165) is 15.9 Å². The summed E-state index contributed by atoms with van der Waals surface area (Å²) in [6.45, 7) is 12.2. The SMILES string of the molecule is CC(=O)O[C@@H]1[C@H](O[Si](c2ccccc2)(c2ccccc2)C(C)(C)C)[C@@H](I)[C@H](O[C@H]2[C@H](C)O[C@@H](O)C[C@H]2OCc2ccccc2)O[C@H]1C. The van der Waals surface area contributed by atoms with Crippen LogP contribution < -0.4 is 10.4 Å². The molecule has 2 saturated heterocycles. The minimum atomic E-state index is -3.06. The number of hydrogen-bond donors (Lipinski definition) is 1. The van der Waals surface area contributed by atoms with Crippen LogP contribution in [0.25, 0.3) is 0 Å². The molecule has 0 saturated carbocycles. The highest BCUT2D eigenvalue weighted by atomic mass is 127. The van der Waals surface area contributed by atoms with E-state index in [9.17, 15) is 9.90 Å². The number of hydrogen-bond acceptors (Lipinski definition) is 8. The van der Waals surface area contributed by atoms with Crippen molar-refractivity contribution in [3.05, 3.63) is 96.6 Å². The summed E-state index contributed by atoms with van der Waals surface area (Å²) in [5.74, 6) is -0.401. The van der Waals surface area contributed by atoms with Crippen LogP contribution in [0, 0.1) is 0 Å². The second-order valence-corrected chi connectivity index (χ2v) is 19.1. The number of benzene rings is 3. The van der Waals surface area contributed by atoms with Crippen LogP contribution in [0.4, 0.5) is 0 Å². The summed E-state index contributed by atoms with van der Waals surface area (Å²) >= 11 is 2.33. The van der Waals surface area contributed by atoms with Gasteiger partial charge in [0.15, 0.2) is 18.7 Å². The van der Waals surface area contributed by atoms with Gasteiger partial charge in [0.2, 0.25) is 0 Å². The van der Waals surface area contributed by atoms with Crippen molar-refractivity contribution in [2.75, 3.05) is 0 Å². The molecule has 0 aliphatic carbocycles. The zero-order valence-electron chi connectivity index (χ0n) is 28.0. The molecule has 2 aliphatic rings. The van der Waals surface area contributed by atoms with Gasteiger partial charge in [-0.05, 0) is 34.8 Å². The zero-order valence-corrected chi connectivity index (χ0v) is 31.1. The summed E-state index contributed by atoms with van der Waals surface area (Å²) in [4.78, 5) is 12.5. The fourth-order valence-electron chi connectivity index (χ4n) is 6.77. The second-order valence-electron chi connectivity index (χ2n) is 13.4. The Morgan fingerprint density at radius 1 is 0.851 bits per heavy atom. The van der Waals surface area contributed by atoms with Crippen molar-refractivity contribution >= 4 is 47.3 Å². The lowest BCUT2D eigenvalue weighted by Gasteiger charge is -2.51. The third kappa shape index (κ3) is 8.18. The first-order valence-corrected chi connectivity index (χ1v) is 19.5. The Hall–Kier alpha value is -2.16. The summed E-state index contributed by atoms with van der Waals surface area (Å²) in [5, 5.41) is 12.4. The molecule has 5 rings (SSSR count). The van der Waals surface area contributed by atoms with Crippen molar-refractivity contribution in [2.45, 2.75) is 113 Å². The molecular weight excluding hydrogens is 727 g/mol. The Bertz CT molecular complexity index is 1380. The molecule has 0 radical (unpaired) electrons. The molecule has 0 spiro atoms. The number of rotatable bonds is 10. The summed E-state index contributed by atoms with van der Waals surface area (Å²) in [5.41, 5.74) is 1.03. The molecule has 3 aromatic carbocycles. The van der Waals surface area contributed by atoms with Crippen LogP contribution in [0.5, 0.6) is 0 Å². The van der Waals surface area contributed by atoms with E-state index in [2.05, 4.69) is 67.6 Å². The van der Waals surface area contributed by atoms with Gasteiger partial charge in [0.05, 0.1) is 28.8 Å². The number of ether oxygens (including phenoxy) is 5. The minimum Gasteiger partial charge on any atom is -0.457 e. The quantitative estimate of drug-likeness (QED) is 0.125. The van der Waals surface area contributed by atoms with E-state index in [1.165, 1.54) is 6.92 Å². The number of aliphatic hydroxyl groups is 1. The Labute approximate surface area is 293 Å². The average molecular weight is 775 g/mol. The number of esters is 1. The normalized spacial score (nSPS) is 30.1. The van der Waals surface area contributed by atoms with Gasteiger partial charge in [-0.3, -0.25) is 4.79 Å². The predicted molar refractivity (Wildman–Crippen MR) is 191 cm³/mol. The third-order valence-corrected chi connectivity index (χ3v) is 15.3. The van der Waals surface area contributed by atoms with Crippen molar-refractivity contribution in [1.82, 2.24) is 0 Å². The van der Waals surface area contributed by atoms with Crippen molar-refractivity contribution in [2.24, 2.45) is 0 Å². The predicted octanol–water partition coefficient (Wildman–Crippen LogP) is 5.51. The lowest BCUT2D eigenvalue weighted by Crippen LogP contribution is -2.71. The first kappa shape index (κ1) is 36.1. The molecule has 8 nitrogen and oxygen atoms in total. The highest BCUT2D eigenvalue weighted by Gasteiger charge is 2.57. The first-order valence-electron chi connectivity index (χ1n) is 16.3. The van der Waals surface area contributed by atoms with Crippen molar-refractivity contribution < 1.29 is 38.0 Å². The first-order chi connectivity index (χ1) is 22.4. The molecule has 9 atom stereocenters. The molecule has 10 heteroatoms. The van der Waals surface area contributed by atoms with Gasteiger partial charge in [0.1, 0.15) is 12.2 Å². The van der Waals surface area contributed by atoms with Gasteiger partial charge < -0.3 is 33.2 Å². The lowest BCUT2D eigenvalue weighted by molar-refractivity contribution is -0.307. The van der Waals surface area contributed by atoms with Crippen LogP contribution >= 0.6 is 22.6 Å². The maximum Gasteiger partial charge on any atom is 0.303 e. The molecule has 2 aliphatic heterocycles. The van der Waals surface area contributed by atoms with E-state index in [1.807, 2.05) is 80.6 Å². The summed E-state index contributed by atoms with van der Waals surface area (Å²) in [7, 11) is -3.06. The molecule has 3 aromatic rings. The van der Waals surface area contributed by atoms with Gasteiger partial charge in [0.25, 0.3) is 8.32 Å². The maximum atomic E-state index is 12.5. The molecule has 0 unspecified atom stereocenters. The fourth-order valence-corrected chi connectivity index (χ4v) is 12.6. The number of halogens is 1. The van der Waals surface area contributed by atoms with Crippen molar-refractivity contribution in [3.63, 3.8) is 0 Å². The zero-order chi connectivity index (χ0) is 33.8. The van der Waals surface area contributed by atoms with Crippen molar-refractivity contribution in [3.8, 4) is 0 Å². The largest absolute Gasteiger partial charge is 0.457 e. The number of aliphatic hydroxyl groups excluding tert-OH is 1. The molecule has 47 heavy (non-hydrogen) atoms. The van der Waals surface area contributed by atoms with Crippen LogP contribution in [0.1, 0.15) is 53.5 Å². The molecule has 0 bridgehead atoms. The smallest absolute Gasteiger partial charge is 0.303 e. The molecule has 2 heterocycles. The molecule has 2 fully saturated rings. The van der Waals surface area contributed by atoms with Crippen LogP contribution in [-0.4, -0.2) is 72.5 Å². The Balaban J connectivity index is 1.50. The highest BCUT2D eigenvalue weighted by Crippen LogP contribution is 2.42. The van der Waals surface area contributed by atoms with Gasteiger partial charge >= 0.3 is 5.97 Å². The second kappa shape index (κ2) is 15.6. The van der Waals surface area contributed by atoms with Crippen LogP contribution in [-0.2, 0) is 39.5 Å². The number of carbonyl (C=O) groups excluding carboxylic acids is 1. The summed E-state index contributed by atoms with van der Waals surface area (Å²) < 4.78 is 38.7. The highest BCUT2D eigenvalue weighted by molar-refractivity contribution is 14.1. The molecule has 0 aromatic heterocycles. The van der Waals surface area contributed by atoms with Gasteiger partial charge in [-0.1, -0.05) is 134 Å². The molecule has 254 valence electrons. The lowest BCUT2D eigenvalue weighted by atomic mass is 10.00. The monoisotopic (exact) mass is 774 g/mol. The maximum absolute atomic E-state index is 12.5. The van der Waals surface area contributed by atoms with E-state index >= 15 is 0 Å². The van der Waals surface area contributed by atoms with Crippen LogP contribution in [0.3, 0.4) is 0 Å². The van der Waals surface area contributed by atoms with Crippen LogP contribution in [0.2, 0.25) is 5.04 Å². The summed E-state index contributed by atoms with van der Waals surface area (Å²) in [6, 6.07) is 30.7. The molecule has 0 amide bonds. The topological polar surface area (TPSA) is 92.7 Å². The number of alkyl halides is 1. The van der Waals surface area contributed by atoms with Gasteiger partial charge in [-0.25, -0.2) is 0 Å². The standard InChI is InChI=1S/C37H47IO8Si/c1-24-33(30(22-31(40)42-24)41-23-27-16-10-7-11-17-27)45-36-32(38)35(34(25(2)43-36)44-26(3)39)46-47(37(4,5)6,28-18-12-8-13-19-28)29-20-14-9-15-21-29/h7-21,24-25,30-36,40H,22-23H2,1-6H3/t24-,25-,30+,31+,32+,33-,34-,35+,36-/m0/s1. The van der Waals surface area contributed by atoms with Crippen molar-refractivity contribution in [1.29, 1.82) is 0 Å². The molecule has 1 N–H and O–H groups in total. The van der Waals surface area contributed by atoms with Gasteiger partial charge in [-0.2, -0.15) is 0 Å². The summed E-state index contributed by atoms with van der Waals surface area (Å²) in [6.07, 6.45) is -4.68. The van der Waals surface area contributed by atoms with E-state index in [1.54, 1.807) is 0 Å². The third-order valence-electron chi connectivity index (χ3n) is 8.97. The van der Waals surface area contributed by atoms with E-state index in [-0.39, 0.29) is 15.4 Å². The minimum absolute atomic E-state index is 0.258. The van der Waals surface area contributed by atoms with E-state index < -0.39 is 63.5 Å². The Morgan fingerprint density at radius 3 is 1.91 bits per heavy atom. The fraction of sp³-hybridized carbons (Fsp3) is 0.486. The Morgan fingerprint density at radius 2 is 1.38 bits per heavy atom. The van der Waals surface area contributed by atoms with E-state index in [0.29, 0.717) is 6.61 Å². The average Bonchev–Trinajstić information content (AvgIpc) is 3.04.